The average molecular weight is 450 g/mol. The van der Waals surface area contributed by atoms with Crippen molar-refractivity contribution in [3.05, 3.63) is 64.7 Å². The Labute approximate surface area is 194 Å². The first-order valence-corrected chi connectivity index (χ1v) is 11.7. The van der Waals surface area contributed by atoms with Gasteiger partial charge in [-0.25, -0.2) is 0 Å². The number of likely N-dealkylation sites (tertiary alicyclic amines) is 1. The number of ether oxygens (including phenoxy) is 2. The predicted octanol–water partition coefficient (Wildman–Crippen LogP) is 5.16. The van der Waals surface area contributed by atoms with E-state index in [1.54, 1.807) is 23.1 Å². The first-order chi connectivity index (χ1) is 16.0. The number of amides is 1. The predicted molar refractivity (Wildman–Crippen MR) is 126 cm³/mol. The summed E-state index contributed by atoms with van der Waals surface area (Å²) in [5.41, 5.74) is 2.27. The Bertz CT molecular complexity index is 1070. The van der Waals surface area contributed by atoms with Gasteiger partial charge in [-0.3, -0.25) is 9.59 Å². The maximum Gasteiger partial charge on any atom is 0.295 e. The topological polar surface area (TPSA) is 76.1 Å². The molecule has 1 atom stereocenters. The maximum absolute atomic E-state index is 13.2. The van der Waals surface area contributed by atoms with E-state index in [9.17, 15) is 14.7 Å². The van der Waals surface area contributed by atoms with Gasteiger partial charge in [-0.1, -0.05) is 25.0 Å². The van der Waals surface area contributed by atoms with Crippen molar-refractivity contribution in [2.75, 3.05) is 13.2 Å². The minimum Gasteiger partial charge on any atom is -0.507 e. The van der Waals surface area contributed by atoms with Crippen LogP contribution in [0.25, 0.3) is 5.76 Å². The zero-order valence-electron chi connectivity index (χ0n) is 19.5. The molecule has 4 rings (SSSR count). The summed E-state index contributed by atoms with van der Waals surface area (Å²) in [6, 6.07) is 12.1. The summed E-state index contributed by atoms with van der Waals surface area (Å²) in [5.74, 6) is 0.124. The number of ketones is 1. The van der Waals surface area contributed by atoms with Crippen molar-refractivity contribution in [3.8, 4) is 11.5 Å². The molecule has 1 N–H and O–H groups in total. The molecule has 2 aromatic carbocycles. The van der Waals surface area contributed by atoms with Crippen LogP contribution in [0.3, 0.4) is 0 Å². The molecule has 6 heteroatoms. The van der Waals surface area contributed by atoms with Gasteiger partial charge in [-0.2, -0.15) is 0 Å². The molecule has 0 spiro atoms. The second-order valence-corrected chi connectivity index (χ2v) is 8.56. The molecule has 1 heterocycles. The molecule has 2 aliphatic rings. The minimum absolute atomic E-state index is 0.00890. The summed E-state index contributed by atoms with van der Waals surface area (Å²) in [6.45, 7) is 6.81. The lowest BCUT2D eigenvalue weighted by atomic mass is 9.94. The summed E-state index contributed by atoms with van der Waals surface area (Å²) in [7, 11) is 0. The van der Waals surface area contributed by atoms with Crippen LogP contribution in [0, 0.1) is 6.92 Å². The molecule has 1 unspecified atom stereocenters. The van der Waals surface area contributed by atoms with E-state index in [1.807, 2.05) is 45.0 Å². The van der Waals surface area contributed by atoms with E-state index in [2.05, 4.69) is 0 Å². The molecule has 2 aromatic rings. The third kappa shape index (κ3) is 4.34. The van der Waals surface area contributed by atoms with Gasteiger partial charge in [0.15, 0.2) is 0 Å². The SMILES string of the molecule is CCOc1ccc(C2/C(=C(/O)c3ccc(OCC)c(C)c3)C(=O)C(=O)N2C2CCCC2)cc1. The number of benzene rings is 2. The van der Waals surface area contributed by atoms with E-state index in [0.717, 1.165) is 48.3 Å². The van der Waals surface area contributed by atoms with E-state index >= 15 is 0 Å². The van der Waals surface area contributed by atoms with Gasteiger partial charge in [-0.05, 0) is 75.1 Å². The van der Waals surface area contributed by atoms with Crippen molar-refractivity contribution in [1.29, 1.82) is 0 Å². The van der Waals surface area contributed by atoms with Crippen molar-refractivity contribution in [2.24, 2.45) is 0 Å². The van der Waals surface area contributed by atoms with Crippen LogP contribution in [-0.4, -0.2) is 41.0 Å². The summed E-state index contributed by atoms with van der Waals surface area (Å²) < 4.78 is 11.2. The Morgan fingerprint density at radius 2 is 1.67 bits per heavy atom. The molecule has 1 aliphatic heterocycles. The average Bonchev–Trinajstić information content (AvgIpc) is 3.42. The largest absolute Gasteiger partial charge is 0.507 e. The van der Waals surface area contributed by atoms with Gasteiger partial charge in [0.05, 0.1) is 24.8 Å². The Morgan fingerprint density at radius 1 is 1.00 bits per heavy atom. The van der Waals surface area contributed by atoms with Crippen LogP contribution in [-0.2, 0) is 9.59 Å². The number of aliphatic hydroxyl groups is 1. The molecule has 2 fully saturated rings. The number of carbonyl (C=O) groups excluding carboxylic acids is 2. The Balaban J connectivity index is 1.82. The van der Waals surface area contributed by atoms with Crippen molar-refractivity contribution >= 4 is 17.4 Å². The van der Waals surface area contributed by atoms with Gasteiger partial charge in [0, 0.05) is 11.6 Å². The summed E-state index contributed by atoms with van der Waals surface area (Å²) in [5, 5.41) is 11.3. The molecular weight excluding hydrogens is 418 g/mol. The third-order valence-electron chi connectivity index (χ3n) is 6.45. The first-order valence-electron chi connectivity index (χ1n) is 11.7. The van der Waals surface area contributed by atoms with Crippen LogP contribution < -0.4 is 9.47 Å². The van der Waals surface area contributed by atoms with Crippen molar-refractivity contribution in [2.45, 2.75) is 58.5 Å². The zero-order valence-corrected chi connectivity index (χ0v) is 19.5. The number of hydrogen-bond acceptors (Lipinski definition) is 5. The van der Waals surface area contributed by atoms with Crippen LogP contribution in [0.2, 0.25) is 0 Å². The van der Waals surface area contributed by atoms with Gasteiger partial charge in [0.2, 0.25) is 0 Å². The van der Waals surface area contributed by atoms with Gasteiger partial charge < -0.3 is 19.5 Å². The quantitative estimate of drug-likeness (QED) is 0.359. The van der Waals surface area contributed by atoms with Gasteiger partial charge >= 0.3 is 0 Å². The Hall–Kier alpha value is -3.28. The third-order valence-corrected chi connectivity index (χ3v) is 6.45. The molecular formula is C27H31NO5. The summed E-state index contributed by atoms with van der Waals surface area (Å²) in [4.78, 5) is 28.1. The van der Waals surface area contributed by atoms with Crippen LogP contribution in [0.5, 0.6) is 11.5 Å². The summed E-state index contributed by atoms with van der Waals surface area (Å²) in [6.07, 6.45) is 3.79. The van der Waals surface area contributed by atoms with E-state index < -0.39 is 17.7 Å². The van der Waals surface area contributed by atoms with Crippen molar-refractivity contribution in [1.82, 2.24) is 4.90 Å². The molecule has 174 valence electrons. The monoisotopic (exact) mass is 449 g/mol. The van der Waals surface area contributed by atoms with E-state index in [0.29, 0.717) is 18.8 Å². The number of aryl methyl sites for hydroxylation is 1. The zero-order chi connectivity index (χ0) is 23.5. The lowest BCUT2D eigenvalue weighted by Crippen LogP contribution is -2.37. The Kier molecular flexibility index (Phi) is 6.72. The Morgan fingerprint density at radius 3 is 2.27 bits per heavy atom. The standard InChI is InChI=1S/C27H31NO5/c1-4-32-21-13-10-18(11-14-21)24-23(26(30)27(31)28(24)20-8-6-7-9-20)25(29)19-12-15-22(33-5-2)17(3)16-19/h10-16,20,24,29H,4-9H2,1-3H3/b25-23-. The normalized spacial score (nSPS) is 20.5. The highest BCUT2D eigenvalue weighted by molar-refractivity contribution is 6.46. The molecule has 0 aromatic heterocycles. The van der Waals surface area contributed by atoms with Gasteiger partial charge in [-0.15, -0.1) is 0 Å². The highest BCUT2D eigenvalue weighted by atomic mass is 16.5. The molecule has 1 saturated carbocycles. The molecule has 33 heavy (non-hydrogen) atoms. The number of aliphatic hydroxyl groups excluding tert-OH is 1. The van der Waals surface area contributed by atoms with Crippen LogP contribution in [0.15, 0.2) is 48.0 Å². The smallest absolute Gasteiger partial charge is 0.295 e. The lowest BCUT2D eigenvalue weighted by molar-refractivity contribution is -0.141. The first kappa shape index (κ1) is 22.9. The minimum atomic E-state index is -0.634. The molecule has 0 bridgehead atoms. The molecule has 1 amide bonds. The number of nitrogens with zero attached hydrogens (tertiary/aromatic N) is 1. The van der Waals surface area contributed by atoms with Crippen LogP contribution in [0.4, 0.5) is 0 Å². The molecule has 6 nitrogen and oxygen atoms in total. The summed E-state index contributed by atoms with van der Waals surface area (Å²) >= 11 is 0. The van der Waals surface area contributed by atoms with Crippen LogP contribution >= 0.6 is 0 Å². The highest BCUT2D eigenvalue weighted by Crippen LogP contribution is 2.44. The fourth-order valence-electron chi connectivity index (χ4n) is 4.92. The second-order valence-electron chi connectivity index (χ2n) is 8.56. The molecule has 1 saturated heterocycles. The number of hydrogen-bond donors (Lipinski definition) is 1. The van der Waals surface area contributed by atoms with E-state index in [4.69, 9.17) is 9.47 Å². The lowest BCUT2D eigenvalue weighted by Gasteiger charge is -2.30. The van der Waals surface area contributed by atoms with E-state index in [1.165, 1.54) is 0 Å². The molecule has 0 radical (unpaired) electrons. The number of rotatable bonds is 7. The van der Waals surface area contributed by atoms with Crippen molar-refractivity contribution in [3.63, 3.8) is 0 Å². The molecule has 1 aliphatic carbocycles. The maximum atomic E-state index is 13.2. The van der Waals surface area contributed by atoms with Gasteiger partial charge in [0.25, 0.3) is 11.7 Å². The highest BCUT2D eigenvalue weighted by Gasteiger charge is 2.49. The van der Waals surface area contributed by atoms with Crippen LogP contribution in [0.1, 0.15) is 62.3 Å². The second kappa shape index (κ2) is 9.69. The number of Topliss-reactive ketones (excluding diaryl/α,β-unsaturated/α-hetero) is 1. The number of carbonyl (C=O) groups is 2. The fourth-order valence-corrected chi connectivity index (χ4v) is 4.92. The van der Waals surface area contributed by atoms with Crippen molar-refractivity contribution < 1.29 is 24.2 Å². The van der Waals surface area contributed by atoms with E-state index in [-0.39, 0.29) is 17.4 Å². The fraction of sp³-hybridized carbons (Fsp3) is 0.407. The van der Waals surface area contributed by atoms with Gasteiger partial charge in [0.1, 0.15) is 17.3 Å².